The number of carbonyl (C=O) groups is 3. The molecule has 2 amide bonds. The lowest BCUT2D eigenvalue weighted by molar-refractivity contribution is -0.152. The van der Waals surface area contributed by atoms with Crippen LogP contribution in [-0.4, -0.2) is 59.6 Å². The number of methoxy groups -OCH3 is 1. The number of ether oxygens (including phenoxy) is 1. The normalized spacial score (nSPS) is 20.9. The molecule has 1 saturated heterocycles. The third-order valence-electron chi connectivity index (χ3n) is 4.55. The fraction of sp³-hybridized carbons (Fsp3) is 0.526. The largest absolute Gasteiger partial charge is 0.467 e. The molecule has 7 nitrogen and oxygen atoms in total. The first-order chi connectivity index (χ1) is 12.6. The zero-order valence-electron chi connectivity index (χ0n) is 16.0. The molecular weight excluding hydrogens is 368 g/mol. The van der Waals surface area contributed by atoms with E-state index in [2.05, 4.69) is 11.9 Å². The Morgan fingerprint density at radius 2 is 2.11 bits per heavy atom. The molecule has 3 atom stereocenters. The van der Waals surface area contributed by atoms with Crippen molar-refractivity contribution < 1.29 is 24.2 Å². The average molecular weight is 394 g/mol. The van der Waals surface area contributed by atoms with Crippen LogP contribution < -0.4 is 5.32 Å². The molecule has 1 aliphatic rings. The van der Waals surface area contributed by atoms with Crippen LogP contribution in [0.5, 0.6) is 0 Å². The Morgan fingerprint density at radius 3 is 2.67 bits per heavy atom. The first-order valence-corrected chi connectivity index (χ1v) is 9.55. The molecule has 1 aromatic rings. The summed E-state index contributed by atoms with van der Waals surface area (Å²) in [5.74, 6) is -1.37. The van der Waals surface area contributed by atoms with Crippen molar-refractivity contribution in [2.75, 3.05) is 13.7 Å². The van der Waals surface area contributed by atoms with Crippen LogP contribution in [0.1, 0.15) is 42.4 Å². The minimum atomic E-state index is -0.873. The first kappa shape index (κ1) is 21.1. The first-order valence-electron chi connectivity index (χ1n) is 8.67. The van der Waals surface area contributed by atoms with Gasteiger partial charge in [-0.25, -0.2) is 4.79 Å². The van der Waals surface area contributed by atoms with Gasteiger partial charge in [0.1, 0.15) is 12.1 Å². The topological polar surface area (TPSA) is 95.9 Å². The molecule has 1 fully saturated rings. The Hall–Kier alpha value is -2.19. The number of aliphatic hydroxyl groups is 1. The highest BCUT2D eigenvalue weighted by Crippen LogP contribution is 2.27. The van der Waals surface area contributed by atoms with Gasteiger partial charge in [0.25, 0.3) is 5.91 Å². The van der Waals surface area contributed by atoms with Gasteiger partial charge in [0.2, 0.25) is 5.91 Å². The van der Waals surface area contributed by atoms with E-state index in [-0.39, 0.29) is 18.9 Å². The zero-order valence-corrected chi connectivity index (χ0v) is 16.8. The third kappa shape index (κ3) is 4.56. The van der Waals surface area contributed by atoms with Gasteiger partial charge >= 0.3 is 5.97 Å². The maximum atomic E-state index is 13.2. The summed E-state index contributed by atoms with van der Waals surface area (Å²) < 4.78 is 4.76. The number of aliphatic hydroxyl groups excluding tert-OH is 1. The molecule has 2 N–H and O–H groups in total. The van der Waals surface area contributed by atoms with Gasteiger partial charge in [-0.3, -0.25) is 9.59 Å². The molecule has 148 valence electrons. The van der Waals surface area contributed by atoms with E-state index in [1.165, 1.54) is 23.3 Å². The van der Waals surface area contributed by atoms with Crippen molar-refractivity contribution in [1.82, 2.24) is 10.2 Å². The molecule has 1 unspecified atom stereocenters. The van der Waals surface area contributed by atoms with Crippen LogP contribution in [0.2, 0.25) is 0 Å². The average Bonchev–Trinajstić information content (AvgIpc) is 3.23. The van der Waals surface area contributed by atoms with Crippen LogP contribution in [0.25, 0.3) is 6.08 Å². The van der Waals surface area contributed by atoms with Crippen LogP contribution in [0.15, 0.2) is 18.0 Å². The summed E-state index contributed by atoms with van der Waals surface area (Å²) in [7, 11) is 1.24. The van der Waals surface area contributed by atoms with Crippen molar-refractivity contribution in [3.05, 3.63) is 28.5 Å². The van der Waals surface area contributed by atoms with E-state index in [1.54, 1.807) is 17.5 Å². The van der Waals surface area contributed by atoms with Crippen molar-refractivity contribution in [3.63, 3.8) is 0 Å². The SMILES string of the molecule is C=Cc1ccsc1C(=O)N[C@H](C(=O)N1C[C@H](O)CC1C(=O)OC)C(C)(C)C. The smallest absolute Gasteiger partial charge is 0.328 e. The summed E-state index contributed by atoms with van der Waals surface area (Å²) in [6, 6.07) is 0.0527. The van der Waals surface area contributed by atoms with Crippen LogP contribution in [0.3, 0.4) is 0 Å². The second kappa shape index (κ2) is 8.22. The predicted octanol–water partition coefficient (Wildman–Crippen LogP) is 1.67. The number of amides is 2. The number of hydrogen-bond donors (Lipinski definition) is 2. The molecule has 0 aliphatic carbocycles. The molecule has 0 spiro atoms. The van der Waals surface area contributed by atoms with Crippen LogP contribution in [0.4, 0.5) is 0 Å². The van der Waals surface area contributed by atoms with Crippen LogP contribution >= 0.6 is 11.3 Å². The minimum absolute atomic E-state index is 0.0258. The van der Waals surface area contributed by atoms with E-state index < -0.39 is 35.5 Å². The van der Waals surface area contributed by atoms with Gasteiger partial charge < -0.3 is 20.1 Å². The molecule has 0 aromatic carbocycles. The number of esters is 1. The number of likely N-dealkylation sites (tertiary alicyclic amines) is 1. The maximum Gasteiger partial charge on any atom is 0.328 e. The number of carbonyl (C=O) groups excluding carboxylic acids is 3. The number of thiophene rings is 1. The number of rotatable bonds is 5. The number of hydrogen-bond acceptors (Lipinski definition) is 6. The van der Waals surface area contributed by atoms with Crippen molar-refractivity contribution in [1.29, 1.82) is 0 Å². The van der Waals surface area contributed by atoms with Crippen molar-refractivity contribution in [2.45, 2.75) is 45.4 Å². The van der Waals surface area contributed by atoms with Gasteiger partial charge in [0.05, 0.1) is 18.1 Å². The number of β-amino-alcohol motifs (C(OH)–C–C–N with tert-alkyl or cyclic N) is 1. The van der Waals surface area contributed by atoms with Gasteiger partial charge in [-0.05, 0) is 22.4 Å². The van der Waals surface area contributed by atoms with Gasteiger partial charge in [-0.2, -0.15) is 0 Å². The highest BCUT2D eigenvalue weighted by molar-refractivity contribution is 7.12. The molecule has 27 heavy (non-hydrogen) atoms. The second-order valence-electron chi connectivity index (χ2n) is 7.60. The molecule has 1 aromatic heterocycles. The van der Waals surface area contributed by atoms with E-state index in [9.17, 15) is 19.5 Å². The summed E-state index contributed by atoms with van der Waals surface area (Å²) >= 11 is 1.27. The van der Waals surface area contributed by atoms with Crippen LogP contribution in [0, 0.1) is 5.41 Å². The standard InChI is InChI=1S/C19H26N2O5S/c1-6-11-7-8-27-14(11)16(23)20-15(19(2,3)4)17(24)21-10-12(22)9-13(21)18(25)26-5/h6-8,12-13,15,22H,1,9-10H2,2-5H3,(H,20,23)/t12-,13?,15-/m1/s1. The van der Waals surface area contributed by atoms with E-state index >= 15 is 0 Å². The lowest BCUT2D eigenvalue weighted by atomic mass is 9.85. The number of nitrogens with one attached hydrogen (secondary N) is 1. The fourth-order valence-corrected chi connectivity index (χ4v) is 3.90. The Kier molecular flexibility index (Phi) is 6.43. The molecule has 1 aliphatic heterocycles. The van der Waals surface area contributed by atoms with Crippen molar-refractivity contribution in [2.24, 2.45) is 5.41 Å². The van der Waals surface area contributed by atoms with E-state index in [0.717, 1.165) is 0 Å². The molecule has 2 heterocycles. The minimum Gasteiger partial charge on any atom is -0.467 e. The highest BCUT2D eigenvalue weighted by Gasteiger charge is 2.45. The fourth-order valence-electron chi connectivity index (χ4n) is 3.09. The summed E-state index contributed by atoms with van der Waals surface area (Å²) in [6.45, 7) is 9.21. The quantitative estimate of drug-likeness (QED) is 0.741. The predicted molar refractivity (Wildman–Crippen MR) is 103 cm³/mol. The molecule has 2 rings (SSSR count). The molecular formula is C19H26N2O5S. The van der Waals surface area contributed by atoms with Crippen molar-refractivity contribution in [3.8, 4) is 0 Å². The van der Waals surface area contributed by atoms with Gasteiger partial charge in [0.15, 0.2) is 0 Å². The zero-order chi connectivity index (χ0) is 20.4. The van der Waals surface area contributed by atoms with E-state index in [4.69, 9.17) is 4.74 Å². The van der Waals surface area contributed by atoms with Crippen LogP contribution in [-0.2, 0) is 14.3 Å². The maximum absolute atomic E-state index is 13.2. The number of nitrogens with zero attached hydrogens (tertiary/aromatic N) is 1. The Labute approximate surface area is 163 Å². The molecule has 0 radical (unpaired) electrons. The van der Waals surface area contributed by atoms with E-state index in [0.29, 0.717) is 10.4 Å². The highest BCUT2D eigenvalue weighted by atomic mass is 32.1. The Balaban J connectivity index is 2.28. The van der Waals surface area contributed by atoms with E-state index in [1.807, 2.05) is 20.8 Å². The van der Waals surface area contributed by atoms with Crippen molar-refractivity contribution >= 4 is 35.2 Å². The van der Waals surface area contributed by atoms with Gasteiger partial charge in [0, 0.05) is 13.0 Å². The molecule has 0 bridgehead atoms. The Bertz CT molecular complexity index is 737. The second-order valence-corrected chi connectivity index (χ2v) is 8.52. The summed E-state index contributed by atoms with van der Waals surface area (Å²) in [5, 5.41) is 14.5. The third-order valence-corrected chi connectivity index (χ3v) is 5.47. The van der Waals surface area contributed by atoms with Gasteiger partial charge in [-0.1, -0.05) is 33.4 Å². The lowest BCUT2D eigenvalue weighted by Gasteiger charge is -2.35. The lowest BCUT2D eigenvalue weighted by Crippen LogP contribution is -2.56. The Morgan fingerprint density at radius 1 is 1.44 bits per heavy atom. The molecule has 8 heteroatoms. The van der Waals surface area contributed by atoms with Gasteiger partial charge in [-0.15, -0.1) is 11.3 Å². The summed E-state index contributed by atoms with van der Waals surface area (Å²) in [5.41, 5.74) is 0.0914. The summed E-state index contributed by atoms with van der Waals surface area (Å²) in [4.78, 5) is 39.7. The molecule has 0 saturated carbocycles. The summed E-state index contributed by atoms with van der Waals surface area (Å²) in [6.07, 6.45) is 0.900. The monoisotopic (exact) mass is 394 g/mol.